The zero-order valence-corrected chi connectivity index (χ0v) is 14.1. The predicted octanol–water partition coefficient (Wildman–Crippen LogP) is 4.18. The first kappa shape index (κ1) is 16.5. The highest BCUT2D eigenvalue weighted by Gasteiger charge is 2.29. The van der Waals surface area contributed by atoms with Crippen LogP contribution in [0, 0.1) is 5.92 Å². The van der Waals surface area contributed by atoms with E-state index in [1.54, 1.807) is 30.3 Å². The third-order valence-electron chi connectivity index (χ3n) is 4.04. The smallest absolute Gasteiger partial charge is 0.251 e. The van der Waals surface area contributed by atoms with Crippen molar-refractivity contribution < 1.29 is 9.59 Å². The molecule has 2 aromatic rings. The number of anilines is 1. The second-order valence-electron chi connectivity index (χ2n) is 6.09. The molecule has 124 valence electrons. The van der Waals surface area contributed by atoms with Crippen molar-refractivity contribution in [1.29, 1.82) is 0 Å². The molecule has 1 aliphatic rings. The van der Waals surface area contributed by atoms with E-state index in [9.17, 15) is 9.59 Å². The molecule has 2 N–H and O–H groups in total. The van der Waals surface area contributed by atoms with Crippen LogP contribution in [0.1, 0.15) is 41.7 Å². The third-order valence-corrected chi connectivity index (χ3v) is 4.27. The number of carbonyl (C=O) groups excluding carboxylic acids is 2. The Morgan fingerprint density at radius 1 is 1.12 bits per heavy atom. The monoisotopic (exact) mass is 342 g/mol. The summed E-state index contributed by atoms with van der Waals surface area (Å²) in [6.07, 6.45) is 1.90. The van der Waals surface area contributed by atoms with Gasteiger partial charge in [-0.25, -0.2) is 0 Å². The number of rotatable bonds is 5. The average molecular weight is 343 g/mol. The number of halogens is 1. The molecule has 0 aliphatic heterocycles. The molecule has 3 rings (SSSR count). The lowest BCUT2D eigenvalue weighted by Gasteiger charge is -2.15. The minimum Gasteiger partial charge on any atom is -0.346 e. The van der Waals surface area contributed by atoms with Crippen molar-refractivity contribution in [2.75, 3.05) is 5.32 Å². The second kappa shape index (κ2) is 7.05. The van der Waals surface area contributed by atoms with Crippen molar-refractivity contribution in [3.63, 3.8) is 0 Å². The normalized spacial score (nSPS) is 14.8. The van der Waals surface area contributed by atoms with Gasteiger partial charge in [0.2, 0.25) is 5.91 Å². The number of hydrogen-bond acceptors (Lipinski definition) is 2. The van der Waals surface area contributed by atoms with Crippen molar-refractivity contribution in [3.8, 4) is 0 Å². The van der Waals surface area contributed by atoms with Crippen molar-refractivity contribution in [3.05, 3.63) is 64.7 Å². The van der Waals surface area contributed by atoms with Gasteiger partial charge in [0.1, 0.15) is 0 Å². The van der Waals surface area contributed by atoms with Crippen LogP contribution in [0.2, 0.25) is 5.02 Å². The quantitative estimate of drug-likeness (QED) is 0.856. The lowest BCUT2D eigenvalue weighted by molar-refractivity contribution is -0.117. The summed E-state index contributed by atoms with van der Waals surface area (Å²) in [5.74, 6) is -0.0322. The van der Waals surface area contributed by atoms with Crippen LogP contribution in [0.25, 0.3) is 0 Å². The number of nitrogens with one attached hydrogen (secondary N) is 2. The highest BCUT2D eigenvalue weighted by molar-refractivity contribution is 6.30. The molecule has 4 nitrogen and oxygen atoms in total. The van der Waals surface area contributed by atoms with Gasteiger partial charge in [-0.05, 0) is 55.7 Å². The highest BCUT2D eigenvalue weighted by atomic mass is 35.5. The van der Waals surface area contributed by atoms with Gasteiger partial charge in [-0.2, -0.15) is 0 Å². The molecular weight excluding hydrogens is 324 g/mol. The molecular formula is C19H19ClN2O2. The van der Waals surface area contributed by atoms with Gasteiger partial charge in [-0.15, -0.1) is 0 Å². The Bertz CT molecular complexity index is 771. The Morgan fingerprint density at radius 2 is 1.88 bits per heavy atom. The van der Waals surface area contributed by atoms with E-state index in [0.717, 1.165) is 18.4 Å². The maximum absolute atomic E-state index is 12.4. The van der Waals surface area contributed by atoms with E-state index in [4.69, 9.17) is 11.6 Å². The summed E-state index contributed by atoms with van der Waals surface area (Å²) in [4.78, 5) is 24.3. The van der Waals surface area contributed by atoms with Gasteiger partial charge in [-0.3, -0.25) is 9.59 Å². The van der Waals surface area contributed by atoms with Gasteiger partial charge < -0.3 is 10.6 Å². The maximum atomic E-state index is 12.4. The molecule has 0 aromatic heterocycles. The SMILES string of the molecule is CC(NC(=O)c1cccc(NC(=O)C2CC2)c1)c1cccc(Cl)c1. The Kier molecular flexibility index (Phi) is 4.86. The Hall–Kier alpha value is -2.33. The zero-order valence-electron chi connectivity index (χ0n) is 13.4. The van der Waals surface area contributed by atoms with Gasteiger partial charge in [0.05, 0.1) is 6.04 Å². The Morgan fingerprint density at radius 3 is 2.58 bits per heavy atom. The van der Waals surface area contributed by atoms with Gasteiger partial charge >= 0.3 is 0 Å². The molecule has 2 amide bonds. The summed E-state index contributed by atoms with van der Waals surface area (Å²) < 4.78 is 0. The third kappa shape index (κ3) is 4.15. The van der Waals surface area contributed by atoms with E-state index in [1.165, 1.54) is 0 Å². The van der Waals surface area contributed by atoms with Crippen molar-refractivity contribution >= 4 is 29.1 Å². The zero-order chi connectivity index (χ0) is 17.1. The van der Waals surface area contributed by atoms with Crippen LogP contribution in [0.15, 0.2) is 48.5 Å². The molecule has 0 bridgehead atoms. The fourth-order valence-corrected chi connectivity index (χ4v) is 2.67. The van der Waals surface area contributed by atoms with Crippen LogP contribution < -0.4 is 10.6 Å². The minimum absolute atomic E-state index is 0.0276. The van der Waals surface area contributed by atoms with Crippen LogP contribution in [0.4, 0.5) is 5.69 Å². The molecule has 1 unspecified atom stereocenters. The summed E-state index contributed by atoms with van der Waals surface area (Å²) in [5, 5.41) is 6.44. The lowest BCUT2D eigenvalue weighted by atomic mass is 10.1. The van der Waals surface area contributed by atoms with E-state index >= 15 is 0 Å². The van der Waals surface area contributed by atoms with Crippen LogP contribution in [0.3, 0.4) is 0 Å². The van der Waals surface area contributed by atoms with Crippen molar-refractivity contribution in [2.45, 2.75) is 25.8 Å². The van der Waals surface area contributed by atoms with Crippen LogP contribution >= 0.6 is 11.6 Å². The van der Waals surface area contributed by atoms with E-state index in [2.05, 4.69) is 10.6 Å². The molecule has 24 heavy (non-hydrogen) atoms. The first-order valence-corrected chi connectivity index (χ1v) is 8.38. The van der Waals surface area contributed by atoms with E-state index in [0.29, 0.717) is 16.3 Å². The molecule has 1 aliphatic carbocycles. The van der Waals surface area contributed by atoms with Crippen LogP contribution in [0.5, 0.6) is 0 Å². The summed E-state index contributed by atoms with van der Waals surface area (Å²) >= 11 is 5.99. The summed E-state index contributed by atoms with van der Waals surface area (Å²) in [5.41, 5.74) is 2.10. The first-order chi connectivity index (χ1) is 11.5. The number of amides is 2. The molecule has 0 saturated heterocycles. The minimum atomic E-state index is -0.190. The summed E-state index contributed by atoms with van der Waals surface area (Å²) in [6, 6.07) is 14.2. The van der Waals surface area contributed by atoms with Crippen LogP contribution in [-0.2, 0) is 4.79 Å². The summed E-state index contributed by atoms with van der Waals surface area (Å²) in [7, 11) is 0. The topological polar surface area (TPSA) is 58.2 Å². The fraction of sp³-hybridized carbons (Fsp3) is 0.263. The van der Waals surface area contributed by atoms with Gasteiger partial charge in [0, 0.05) is 22.2 Å². The molecule has 5 heteroatoms. The van der Waals surface area contributed by atoms with E-state index < -0.39 is 0 Å². The molecule has 0 radical (unpaired) electrons. The first-order valence-electron chi connectivity index (χ1n) is 8.00. The molecule has 1 saturated carbocycles. The van der Waals surface area contributed by atoms with Gasteiger partial charge in [-0.1, -0.05) is 29.8 Å². The van der Waals surface area contributed by atoms with Gasteiger partial charge in [0.15, 0.2) is 0 Å². The predicted molar refractivity (Wildman–Crippen MR) is 95.1 cm³/mol. The molecule has 0 spiro atoms. The highest BCUT2D eigenvalue weighted by Crippen LogP contribution is 2.30. The molecule has 1 atom stereocenters. The standard InChI is InChI=1S/C19H19ClN2O2/c1-12(14-4-2-6-16(20)10-14)21-19(24)15-5-3-7-17(11-15)22-18(23)13-8-9-13/h2-7,10-13H,8-9H2,1H3,(H,21,24)(H,22,23). The average Bonchev–Trinajstić information content (AvgIpc) is 3.40. The Labute approximate surface area is 146 Å². The van der Waals surface area contributed by atoms with Crippen molar-refractivity contribution in [1.82, 2.24) is 5.32 Å². The maximum Gasteiger partial charge on any atom is 0.251 e. The fourth-order valence-electron chi connectivity index (χ4n) is 2.47. The molecule has 0 heterocycles. The largest absolute Gasteiger partial charge is 0.346 e. The number of hydrogen-bond donors (Lipinski definition) is 2. The van der Waals surface area contributed by atoms with Gasteiger partial charge in [0.25, 0.3) is 5.91 Å². The van der Waals surface area contributed by atoms with E-state index in [1.807, 2.05) is 25.1 Å². The molecule has 1 fully saturated rings. The number of benzene rings is 2. The second-order valence-corrected chi connectivity index (χ2v) is 6.53. The Balaban J connectivity index is 1.67. The van der Waals surface area contributed by atoms with Crippen molar-refractivity contribution in [2.24, 2.45) is 5.92 Å². The van der Waals surface area contributed by atoms with E-state index in [-0.39, 0.29) is 23.8 Å². The van der Waals surface area contributed by atoms with Crippen LogP contribution in [-0.4, -0.2) is 11.8 Å². The summed E-state index contributed by atoms with van der Waals surface area (Å²) in [6.45, 7) is 1.91. The lowest BCUT2D eigenvalue weighted by Crippen LogP contribution is -2.26. The molecule has 2 aromatic carbocycles. The number of carbonyl (C=O) groups is 2.